The first-order valence-electron chi connectivity index (χ1n) is 6.20. The molecule has 0 unspecified atom stereocenters. The van der Waals surface area contributed by atoms with Crippen LogP contribution in [0.5, 0.6) is 0 Å². The average molecular weight is 241 g/mol. The van der Waals surface area contributed by atoms with E-state index in [9.17, 15) is 0 Å². The summed E-state index contributed by atoms with van der Waals surface area (Å²) in [5.41, 5.74) is 3.48. The van der Waals surface area contributed by atoms with Crippen LogP contribution in [-0.2, 0) is 6.54 Å². The molecular weight excluding hydrogens is 222 g/mol. The third-order valence-electron chi connectivity index (χ3n) is 2.63. The Morgan fingerprint density at radius 2 is 2.00 bits per heavy atom. The van der Waals surface area contributed by atoms with Crippen LogP contribution < -0.4 is 5.32 Å². The average Bonchev–Trinajstić information content (AvgIpc) is 2.84. The van der Waals surface area contributed by atoms with Crippen LogP contribution >= 0.6 is 0 Å². The number of rotatable bonds is 5. The zero-order valence-corrected chi connectivity index (χ0v) is 10.9. The fourth-order valence-electron chi connectivity index (χ4n) is 1.66. The van der Waals surface area contributed by atoms with Gasteiger partial charge in [0.15, 0.2) is 0 Å². The topological polar surface area (TPSA) is 29.9 Å². The van der Waals surface area contributed by atoms with E-state index in [1.54, 1.807) is 0 Å². The Morgan fingerprint density at radius 1 is 1.22 bits per heavy atom. The van der Waals surface area contributed by atoms with Crippen LogP contribution in [0.15, 0.2) is 54.2 Å². The van der Waals surface area contributed by atoms with E-state index in [1.165, 1.54) is 5.57 Å². The lowest BCUT2D eigenvalue weighted by molar-refractivity contribution is 0.719. The van der Waals surface area contributed by atoms with Gasteiger partial charge in [-0.15, -0.1) is 0 Å². The van der Waals surface area contributed by atoms with Crippen molar-refractivity contribution < 1.29 is 0 Å². The Hall–Kier alpha value is -1.87. The van der Waals surface area contributed by atoms with Crippen molar-refractivity contribution >= 4 is 0 Å². The third kappa shape index (κ3) is 3.57. The largest absolute Gasteiger partial charge is 0.308 e. The molecule has 0 aliphatic rings. The van der Waals surface area contributed by atoms with Crippen molar-refractivity contribution in [3.63, 3.8) is 0 Å². The maximum atomic E-state index is 4.53. The smallest absolute Gasteiger partial charge is 0.0766 e. The van der Waals surface area contributed by atoms with Crippen LogP contribution in [0.3, 0.4) is 0 Å². The summed E-state index contributed by atoms with van der Waals surface area (Å²) in [7, 11) is 0. The fraction of sp³-hybridized carbons (Fsp3) is 0.267. The number of hydrogen-bond donors (Lipinski definition) is 1. The van der Waals surface area contributed by atoms with E-state index in [0.717, 1.165) is 24.5 Å². The zero-order valence-electron chi connectivity index (χ0n) is 10.9. The van der Waals surface area contributed by atoms with Crippen LogP contribution in [-0.4, -0.2) is 16.3 Å². The second-order valence-electron chi connectivity index (χ2n) is 4.50. The number of para-hydroxylation sites is 1. The van der Waals surface area contributed by atoms with E-state index in [0.29, 0.717) is 0 Å². The first-order valence-corrected chi connectivity index (χ1v) is 6.20. The molecule has 1 aromatic heterocycles. The minimum atomic E-state index is 0.795. The third-order valence-corrected chi connectivity index (χ3v) is 2.63. The molecule has 2 aromatic rings. The van der Waals surface area contributed by atoms with Crippen LogP contribution in [0.2, 0.25) is 0 Å². The standard InChI is InChI=1S/C15H19N3/c1-13(2)8-10-16-12-14-9-11-18(17-14)15-6-4-3-5-7-15/h3-9,11,16H,10,12H2,1-2H3. The van der Waals surface area contributed by atoms with Crippen LogP contribution in [0.1, 0.15) is 19.5 Å². The van der Waals surface area contributed by atoms with E-state index < -0.39 is 0 Å². The van der Waals surface area contributed by atoms with Gasteiger partial charge in [-0.1, -0.05) is 29.8 Å². The van der Waals surface area contributed by atoms with Gasteiger partial charge in [-0.25, -0.2) is 4.68 Å². The molecule has 1 aromatic carbocycles. The summed E-state index contributed by atoms with van der Waals surface area (Å²) in [6.07, 6.45) is 4.17. The van der Waals surface area contributed by atoms with Gasteiger partial charge in [-0.3, -0.25) is 0 Å². The van der Waals surface area contributed by atoms with E-state index >= 15 is 0 Å². The van der Waals surface area contributed by atoms with Gasteiger partial charge < -0.3 is 5.32 Å². The lowest BCUT2D eigenvalue weighted by Crippen LogP contribution is -2.13. The fourth-order valence-corrected chi connectivity index (χ4v) is 1.66. The van der Waals surface area contributed by atoms with Gasteiger partial charge in [0.1, 0.15) is 0 Å². The highest BCUT2D eigenvalue weighted by atomic mass is 15.3. The van der Waals surface area contributed by atoms with E-state index in [2.05, 4.69) is 30.3 Å². The number of allylic oxidation sites excluding steroid dienone is 1. The summed E-state index contributed by atoms with van der Waals surface area (Å²) in [4.78, 5) is 0. The lowest BCUT2D eigenvalue weighted by Gasteiger charge is -2.01. The Kier molecular flexibility index (Phi) is 4.31. The lowest BCUT2D eigenvalue weighted by atomic mass is 10.3. The normalized spacial score (nSPS) is 10.3. The molecule has 0 amide bonds. The molecule has 0 fully saturated rings. The van der Waals surface area contributed by atoms with Crippen LogP contribution in [0, 0.1) is 0 Å². The first-order chi connectivity index (χ1) is 8.75. The number of nitrogens with one attached hydrogen (secondary N) is 1. The molecule has 94 valence electrons. The molecule has 0 spiro atoms. The van der Waals surface area contributed by atoms with Crippen molar-refractivity contribution in [2.45, 2.75) is 20.4 Å². The summed E-state index contributed by atoms with van der Waals surface area (Å²) in [5, 5.41) is 7.88. The zero-order chi connectivity index (χ0) is 12.8. The summed E-state index contributed by atoms with van der Waals surface area (Å²) in [6, 6.07) is 12.2. The summed E-state index contributed by atoms with van der Waals surface area (Å²) in [6.45, 7) is 5.89. The van der Waals surface area contributed by atoms with E-state index in [4.69, 9.17) is 0 Å². The van der Waals surface area contributed by atoms with Crippen molar-refractivity contribution in [1.82, 2.24) is 15.1 Å². The molecule has 3 heteroatoms. The van der Waals surface area contributed by atoms with E-state index in [1.807, 2.05) is 47.3 Å². The van der Waals surface area contributed by atoms with Gasteiger partial charge in [0, 0.05) is 19.3 Å². The van der Waals surface area contributed by atoms with E-state index in [-0.39, 0.29) is 0 Å². The molecule has 2 rings (SSSR count). The molecule has 0 atom stereocenters. The van der Waals surface area contributed by atoms with Crippen molar-refractivity contribution in [2.75, 3.05) is 6.54 Å². The molecule has 18 heavy (non-hydrogen) atoms. The van der Waals surface area contributed by atoms with Gasteiger partial charge in [-0.05, 0) is 32.0 Å². The Bertz CT molecular complexity index is 508. The maximum Gasteiger partial charge on any atom is 0.0766 e. The highest BCUT2D eigenvalue weighted by Crippen LogP contribution is 2.06. The van der Waals surface area contributed by atoms with Crippen LogP contribution in [0.25, 0.3) is 5.69 Å². The quantitative estimate of drug-likeness (QED) is 0.644. The predicted octanol–water partition coefficient (Wildman–Crippen LogP) is 2.93. The monoisotopic (exact) mass is 241 g/mol. The molecule has 1 N–H and O–H groups in total. The van der Waals surface area contributed by atoms with Gasteiger partial charge in [0.25, 0.3) is 0 Å². The van der Waals surface area contributed by atoms with Crippen molar-refractivity contribution in [1.29, 1.82) is 0 Å². The van der Waals surface area contributed by atoms with Gasteiger partial charge in [-0.2, -0.15) is 5.10 Å². The molecule has 0 radical (unpaired) electrons. The number of aromatic nitrogens is 2. The Balaban J connectivity index is 1.93. The molecule has 3 nitrogen and oxygen atoms in total. The van der Waals surface area contributed by atoms with Crippen molar-refractivity contribution in [2.24, 2.45) is 0 Å². The minimum absolute atomic E-state index is 0.795. The molecule has 0 aliphatic heterocycles. The van der Waals surface area contributed by atoms with Gasteiger partial charge in [0.05, 0.1) is 11.4 Å². The highest BCUT2D eigenvalue weighted by molar-refractivity contribution is 5.30. The number of benzene rings is 1. The minimum Gasteiger partial charge on any atom is -0.308 e. The number of nitrogens with zero attached hydrogens (tertiary/aromatic N) is 2. The Morgan fingerprint density at radius 3 is 2.72 bits per heavy atom. The molecule has 0 saturated heterocycles. The molecule has 0 aliphatic carbocycles. The summed E-state index contributed by atoms with van der Waals surface area (Å²) >= 11 is 0. The molecule has 1 heterocycles. The van der Waals surface area contributed by atoms with Crippen LogP contribution in [0.4, 0.5) is 0 Å². The van der Waals surface area contributed by atoms with Gasteiger partial charge >= 0.3 is 0 Å². The van der Waals surface area contributed by atoms with Crippen molar-refractivity contribution in [3.05, 3.63) is 59.9 Å². The SMILES string of the molecule is CC(C)=CCNCc1ccn(-c2ccccc2)n1. The second-order valence-corrected chi connectivity index (χ2v) is 4.50. The Labute approximate surface area is 108 Å². The second kappa shape index (κ2) is 6.17. The van der Waals surface area contributed by atoms with Gasteiger partial charge in [0.2, 0.25) is 0 Å². The van der Waals surface area contributed by atoms with Crippen molar-refractivity contribution in [3.8, 4) is 5.69 Å². The number of hydrogen-bond acceptors (Lipinski definition) is 2. The summed E-state index contributed by atoms with van der Waals surface area (Å²) in [5.74, 6) is 0. The first kappa shape index (κ1) is 12.6. The predicted molar refractivity (Wildman–Crippen MR) is 74.7 cm³/mol. The molecule has 0 bridgehead atoms. The molecule has 0 saturated carbocycles. The summed E-state index contributed by atoms with van der Waals surface area (Å²) < 4.78 is 1.90. The highest BCUT2D eigenvalue weighted by Gasteiger charge is 1.99. The maximum absolute atomic E-state index is 4.53. The molecular formula is C15H19N3.